The van der Waals surface area contributed by atoms with Crippen LogP contribution in [-0.4, -0.2) is 28.4 Å². The number of rotatable bonds is 4. The number of carboxylic acid groups (broad SMARTS) is 1. The number of carboxylic acids is 1. The molecule has 0 saturated heterocycles. The van der Waals surface area contributed by atoms with E-state index >= 15 is 0 Å². The average Bonchev–Trinajstić information content (AvgIpc) is 2.61. The Bertz CT molecular complexity index is 1020. The number of hydrogen-bond donors (Lipinski definition) is 0. The summed E-state index contributed by atoms with van der Waals surface area (Å²) in [7, 11) is 0. The maximum absolute atomic E-state index is 12.7. The molecular weight excluding hydrogens is 384 g/mol. The Morgan fingerprint density at radius 2 is 1.89 bits per heavy atom. The molecule has 0 aliphatic carbocycles. The van der Waals surface area contributed by atoms with Gasteiger partial charge in [-0.1, -0.05) is 18.2 Å². The Hall–Kier alpha value is -2.16. The van der Waals surface area contributed by atoms with Crippen molar-refractivity contribution in [2.24, 2.45) is 0 Å². The molecule has 1 aromatic heterocycles. The van der Waals surface area contributed by atoms with Gasteiger partial charge in [0.2, 0.25) is 5.88 Å². The minimum absolute atomic E-state index is 0. The zero-order valence-electron chi connectivity index (χ0n) is 15.4. The number of carbonyl (C=O) groups excluding carboxylic acids is 1. The van der Waals surface area contributed by atoms with Crippen molar-refractivity contribution in [3.05, 3.63) is 53.7 Å². The molecule has 2 aromatic carbocycles. The van der Waals surface area contributed by atoms with Gasteiger partial charge in [-0.3, -0.25) is 0 Å². The molecule has 1 atom stereocenters. The quantitative estimate of drug-likeness (QED) is 0.591. The summed E-state index contributed by atoms with van der Waals surface area (Å²) < 4.78 is 43.2. The molecule has 0 unspecified atom stereocenters. The summed E-state index contributed by atoms with van der Waals surface area (Å²) in [5.41, 5.74) is 2.22. The molecule has 1 heterocycles. The molecule has 140 valence electrons. The number of hydrogen-bond acceptors (Lipinski definition) is 5. The molecule has 3 aromatic rings. The summed E-state index contributed by atoms with van der Waals surface area (Å²) in [6, 6.07) is 9.53. The van der Waals surface area contributed by atoms with E-state index in [1.807, 2.05) is 6.92 Å². The van der Waals surface area contributed by atoms with Crippen molar-refractivity contribution in [2.75, 3.05) is 0 Å². The van der Waals surface area contributed by atoms with Gasteiger partial charge in [0.15, 0.2) is 6.10 Å². The molecule has 0 amide bonds. The molecule has 0 radical (unpaired) electrons. The van der Waals surface area contributed by atoms with Crippen LogP contribution < -0.4 is 39.4 Å². The Morgan fingerprint density at radius 3 is 2.54 bits per heavy atom. The standard InChI is InChI=1S/C19H15F3N2O3.Na/c1-10-3-4-13(18(25)26)8-16(10)12-5-6-15-14(7-12)9-23-24-17(15)27-11(2)19(20,21)22;/h3-9,11H,1-2H3,(H,25,26);/q;+1/p-1/t11-;/m0./s1. The van der Waals surface area contributed by atoms with Crippen LogP contribution in [0.5, 0.6) is 5.88 Å². The third-order valence-corrected chi connectivity index (χ3v) is 4.16. The first-order valence-electron chi connectivity index (χ1n) is 7.98. The number of ether oxygens (including phenoxy) is 1. The van der Waals surface area contributed by atoms with Gasteiger partial charge in [0.1, 0.15) is 0 Å². The summed E-state index contributed by atoms with van der Waals surface area (Å²) in [6.45, 7) is 2.71. The maximum Gasteiger partial charge on any atom is 1.00 e. The zero-order valence-corrected chi connectivity index (χ0v) is 17.4. The molecule has 0 fully saturated rings. The number of aryl methyl sites for hydroxylation is 1. The Kier molecular flexibility index (Phi) is 6.69. The van der Waals surface area contributed by atoms with Crippen molar-refractivity contribution in [2.45, 2.75) is 26.1 Å². The van der Waals surface area contributed by atoms with Crippen LogP contribution >= 0.6 is 0 Å². The van der Waals surface area contributed by atoms with E-state index in [9.17, 15) is 23.1 Å². The first-order valence-corrected chi connectivity index (χ1v) is 7.98. The third-order valence-electron chi connectivity index (χ3n) is 4.16. The molecule has 0 saturated carbocycles. The van der Waals surface area contributed by atoms with E-state index in [1.54, 1.807) is 24.3 Å². The number of carbonyl (C=O) groups is 1. The fourth-order valence-corrected chi connectivity index (χ4v) is 2.61. The number of halogens is 3. The molecule has 0 aliphatic heterocycles. The predicted octanol–water partition coefficient (Wildman–Crippen LogP) is 0.302. The largest absolute Gasteiger partial charge is 1.00 e. The zero-order chi connectivity index (χ0) is 19.8. The normalized spacial score (nSPS) is 12.3. The summed E-state index contributed by atoms with van der Waals surface area (Å²) in [5, 5.41) is 19.4. The second-order valence-electron chi connectivity index (χ2n) is 6.07. The van der Waals surface area contributed by atoms with Gasteiger partial charge in [0.25, 0.3) is 0 Å². The second-order valence-corrected chi connectivity index (χ2v) is 6.07. The number of benzene rings is 2. The van der Waals surface area contributed by atoms with Crippen molar-refractivity contribution < 1.29 is 57.4 Å². The van der Waals surface area contributed by atoms with Gasteiger partial charge in [0, 0.05) is 10.8 Å². The van der Waals surface area contributed by atoms with Gasteiger partial charge in [-0.2, -0.15) is 18.3 Å². The van der Waals surface area contributed by atoms with E-state index in [0.717, 1.165) is 12.5 Å². The minimum Gasteiger partial charge on any atom is -0.545 e. The minimum atomic E-state index is -4.52. The SMILES string of the molecule is Cc1ccc(C(=O)[O-])cc1-c1ccc2c(O[C@@H](C)C(F)(F)F)nncc2c1.[Na+]. The van der Waals surface area contributed by atoms with E-state index in [0.29, 0.717) is 21.9 Å². The Balaban J connectivity index is 0.00000280. The number of aromatic carboxylic acids is 1. The van der Waals surface area contributed by atoms with E-state index in [-0.39, 0.29) is 41.0 Å². The first kappa shape index (κ1) is 22.1. The summed E-state index contributed by atoms with van der Waals surface area (Å²) in [5.74, 6) is -1.51. The fourth-order valence-electron chi connectivity index (χ4n) is 2.61. The van der Waals surface area contributed by atoms with Crippen molar-refractivity contribution in [3.8, 4) is 17.0 Å². The summed E-state index contributed by atoms with van der Waals surface area (Å²) in [6.07, 6.45) is -5.15. The predicted molar refractivity (Wildman–Crippen MR) is 90.2 cm³/mol. The number of alkyl halides is 3. The van der Waals surface area contributed by atoms with Crippen molar-refractivity contribution in [3.63, 3.8) is 0 Å². The van der Waals surface area contributed by atoms with Gasteiger partial charge in [-0.15, -0.1) is 5.10 Å². The van der Waals surface area contributed by atoms with E-state index in [1.165, 1.54) is 18.3 Å². The Morgan fingerprint density at radius 1 is 1.18 bits per heavy atom. The smallest absolute Gasteiger partial charge is 0.545 e. The van der Waals surface area contributed by atoms with Gasteiger partial charge in [-0.25, -0.2) is 0 Å². The summed E-state index contributed by atoms with van der Waals surface area (Å²) >= 11 is 0. The van der Waals surface area contributed by atoms with Crippen LogP contribution in [0, 0.1) is 6.92 Å². The van der Waals surface area contributed by atoms with Gasteiger partial charge in [0.05, 0.1) is 12.2 Å². The van der Waals surface area contributed by atoms with Crippen LogP contribution in [0.2, 0.25) is 0 Å². The van der Waals surface area contributed by atoms with Crippen LogP contribution in [0.1, 0.15) is 22.8 Å². The molecule has 28 heavy (non-hydrogen) atoms. The van der Waals surface area contributed by atoms with Crippen LogP contribution in [0.3, 0.4) is 0 Å². The third kappa shape index (κ3) is 4.63. The first-order chi connectivity index (χ1) is 12.7. The van der Waals surface area contributed by atoms with Gasteiger partial charge >= 0.3 is 35.7 Å². The molecule has 3 rings (SSSR count). The monoisotopic (exact) mass is 398 g/mol. The number of aromatic nitrogens is 2. The van der Waals surface area contributed by atoms with Crippen molar-refractivity contribution >= 4 is 16.7 Å². The van der Waals surface area contributed by atoms with E-state index in [4.69, 9.17) is 4.74 Å². The molecule has 0 aliphatic rings. The van der Waals surface area contributed by atoms with E-state index in [2.05, 4.69) is 10.2 Å². The maximum atomic E-state index is 12.7. The fraction of sp³-hybridized carbons (Fsp3) is 0.211. The molecule has 0 spiro atoms. The van der Waals surface area contributed by atoms with Crippen LogP contribution in [0.4, 0.5) is 13.2 Å². The average molecular weight is 398 g/mol. The summed E-state index contributed by atoms with van der Waals surface area (Å²) in [4.78, 5) is 11.1. The van der Waals surface area contributed by atoms with Crippen LogP contribution in [-0.2, 0) is 0 Å². The molecule has 9 heteroatoms. The topological polar surface area (TPSA) is 75.1 Å². The van der Waals surface area contributed by atoms with E-state index < -0.39 is 18.2 Å². The van der Waals surface area contributed by atoms with Crippen molar-refractivity contribution in [1.82, 2.24) is 10.2 Å². The molecule has 0 N–H and O–H groups in total. The number of nitrogens with zero attached hydrogens (tertiary/aromatic N) is 2. The molecule has 5 nitrogen and oxygen atoms in total. The molecule has 0 bridgehead atoms. The van der Waals surface area contributed by atoms with Gasteiger partial charge < -0.3 is 14.6 Å². The van der Waals surface area contributed by atoms with Crippen LogP contribution in [0.15, 0.2) is 42.6 Å². The molecular formula is C19H14F3N2NaO3. The van der Waals surface area contributed by atoms with Crippen molar-refractivity contribution in [1.29, 1.82) is 0 Å². The van der Waals surface area contributed by atoms with Crippen LogP contribution in [0.25, 0.3) is 21.9 Å². The number of fused-ring (bicyclic) bond motifs is 1. The second kappa shape index (κ2) is 8.46. The Labute approximate surface area is 180 Å². The van der Waals surface area contributed by atoms with Gasteiger partial charge in [-0.05, 0) is 54.3 Å².